The largest absolute Gasteiger partial charge is 0.506 e. The second-order valence-corrected chi connectivity index (χ2v) is 7.08. The third-order valence-electron chi connectivity index (χ3n) is 5.24. The van der Waals surface area contributed by atoms with Gasteiger partial charge in [-0.05, 0) is 29.8 Å². The summed E-state index contributed by atoms with van der Waals surface area (Å²) in [5, 5.41) is 11.6. The zero-order valence-electron chi connectivity index (χ0n) is 15.9. The van der Waals surface area contributed by atoms with Crippen LogP contribution in [-0.4, -0.2) is 9.67 Å². The van der Waals surface area contributed by atoms with Crippen molar-refractivity contribution in [3.63, 3.8) is 0 Å². The van der Waals surface area contributed by atoms with E-state index < -0.39 is 11.2 Å². The molecule has 0 aliphatic rings. The minimum absolute atomic E-state index is 0.00286. The number of aromatic nitrogens is 1. The smallest absolute Gasteiger partial charge is 0.343 e. The van der Waals surface area contributed by atoms with Crippen molar-refractivity contribution in [3.05, 3.63) is 117 Å². The Morgan fingerprint density at radius 3 is 2.17 bits per heavy atom. The quantitative estimate of drug-likeness (QED) is 0.460. The van der Waals surface area contributed by atoms with Crippen molar-refractivity contribution >= 4 is 21.9 Å². The first-order chi connectivity index (χ1) is 14.6. The number of hydrogen-bond acceptors (Lipinski definition) is 4. The average molecular weight is 395 g/mol. The highest BCUT2D eigenvalue weighted by Gasteiger charge is 2.22. The molecule has 5 nitrogen and oxygen atoms in total. The number of para-hydroxylation sites is 2. The normalized spacial score (nSPS) is 11.2. The van der Waals surface area contributed by atoms with Crippen LogP contribution in [0.25, 0.3) is 27.6 Å². The molecule has 5 rings (SSSR count). The summed E-state index contributed by atoms with van der Waals surface area (Å²) in [6.45, 7) is 0. The molecule has 0 aliphatic carbocycles. The maximum atomic E-state index is 13.5. The molecule has 0 bridgehead atoms. The Kier molecular flexibility index (Phi) is 4.21. The van der Waals surface area contributed by atoms with Gasteiger partial charge in [0.05, 0.1) is 11.1 Å². The lowest BCUT2D eigenvalue weighted by Crippen LogP contribution is -2.21. The molecule has 146 valence electrons. The maximum absolute atomic E-state index is 13.5. The Hall–Kier alpha value is -4.12. The monoisotopic (exact) mass is 395 g/mol. The molecule has 0 amide bonds. The molecule has 0 saturated carbocycles. The van der Waals surface area contributed by atoms with E-state index in [4.69, 9.17) is 4.42 Å². The molecule has 1 N–H and O–H groups in total. The summed E-state index contributed by atoms with van der Waals surface area (Å²) in [5.74, 6) is -0.328. The fourth-order valence-electron chi connectivity index (χ4n) is 3.82. The van der Waals surface area contributed by atoms with Gasteiger partial charge in [-0.15, -0.1) is 0 Å². The van der Waals surface area contributed by atoms with E-state index in [2.05, 4.69) is 0 Å². The van der Waals surface area contributed by atoms with Gasteiger partial charge in [-0.1, -0.05) is 60.7 Å². The minimum Gasteiger partial charge on any atom is -0.506 e. The zero-order valence-corrected chi connectivity index (χ0v) is 15.9. The van der Waals surface area contributed by atoms with Crippen LogP contribution >= 0.6 is 0 Å². The van der Waals surface area contributed by atoms with Crippen LogP contribution in [0.1, 0.15) is 11.1 Å². The van der Waals surface area contributed by atoms with Crippen LogP contribution in [0.2, 0.25) is 0 Å². The highest BCUT2D eigenvalue weighted by molar-refractivity contribution is 6.04. The van der Waals surface area contributed by atoms with Crippen LogP contribution in [-0.2, 0) is 6.42 Å². The summed E-state index contributed by atoms with van der Waals surface area (Å²) < 4.78 is 7.13. The Morgan fingerprint density at radius 1 is 0.800 bits per heavy atom. The summed E-state index contributed by atoms with van der Waals surface area (Å²) in [4.78, 5) is 26.3. The number of nitrogens with zero attached hydrogens (tertiary/aromatic N) is 1. The maximum Gasteiger partial charge on any atom is 0.343 e. The lowest BCUT2D eigenvalue weighted by Gasteiger charge is -2.14. The molecule has 0 saturated heterocycles. The molecule has 30 heavy (non-hydrogen) atoms. The highest BCUT2D eigenvalue weighted by atomic mass is 16.4. The van der Waals surface area contributed by atoms with Gasteiger partial charge in [-0.2, -0.15) is 0 Å². The van der Waals surface area contributed by atoms with E-state index in [1.165, 1.54) is 4.57 Å². The van der Waals surface area contributed by atoms with Gasteiger partial charge in [0.2, 0.25) is 0 Å². The zero-order chi connectivity index (χ0) is 20.7. The molecule has 0 aliphatic heterocycles. The predicted molar refractivity (Wildman–Crippen MR) is 116 cm³/mol. The van der Waals surface area contributed by atoms with E-state index >= 15 is 0 Å². The first-order valence-electron chi connectivity index (χ1n) is 9.57. The van der Waals surface area contributed by atoms with Crippen molar-refractivity contribution in [1.82, 2.24) is 4.57 Å². The summed E-state index contributed by atoms with van der Waals surface area (Å²) in [5.41, 5.74) is 1.18. The minimum atomic E-state index is -0.647. The number of benzene rings is 3. The third-order valence-corrected chi connectivity index (χ3v) is 5.24. The topological polar surface area (TPSA) is 72.4 Å². The molecule has 0 spiro atoms. The molecule has 5 aromatic rings. The van der Waals surface area contributed by atoms with Gasteiger partial charge in [-0.25, -0.2) is 4.79 Å². The summed E-state index contributed by atoms with van der Waals surface area (Å²) in [6, 6.07) is 25.6. The Balaban J connectivity index is 1.90. The van der Waals surface area contributed by atoms with Gasteiger partial charge >= 0.3 is 5.63 Å². The first-order valence-corrected chi connectivity index (χ1v) is 9.57. The van der Waals surface area contributed by atoms with Gasteiger partial charge < -0.3 is 9.52 Å². The second kappa shape index (κ2) is 7.04. The SMILES string of the molecule is O=c1oc2c(c(O)c1Cc1ccccc1)c(=O)n(-c1ccccc1)c1ccccc21. The summed E-state index contributed by atoms with van der Waals surface area (Å²) >= 11 is 0. The van der Waals surface area contributed by atoms with Crippen molar-refractivity contribution < 1.29 is 9.52 Å². The first kappa shape index (κ1) is 17.9. The average Bonchev–Trinajstić information content (AvgIpc) is 2.78. The summed E-state index contributed by atoms with van der Waals surface area (Å²) in [6.07, 6.45) is 0.169. The lowest BCUT2D eigenvalue weighted by atomic mass is 10.0. The van der Waals surface area contributed by atoms with Crippen LogP contribution < -0.4 is 11.2 Å². The number of fused-ring (bicyclic) bond motifs is 3. The van der Waals surface area contributed by atoms with E-state index in [0.717, 1.165) is 5.56 Å². The molecule has 0 unspecified atom stereocenters. The highest BCUT2D eigenvalue weighted by Crippen LogP contribution is 2.31. The number of aromatic hydroxyl groups is 1. The van der Waals surface area contributed by atoms with E-state index in [0.29, 0.717) is 16.6 Å². The molecule has 3 aromatic carbocycles. The van der Waals surface area contributed by atoms with Crippen LogP contribution in [0.4, 0.5) is 0 Å². The van der Waals surface area contributed by atoms with Crippen LogP contribution in [0.3, 0.4) is 0 Å². The second-order valence-electron chi connectivity index (χ2n) is 7.08. The fourth-order valence-corrected chi connectivity index (χ4v) is 3.82. The van der Waals surface area contributed by atoms with Crippen LogP contribution in [0.15, 0.2) is 98.9 Å². The molecule has 0 radical (unpaired) electrons. The molecular formula is C25H17NO4. The van der Waals surface area contributed by atoms with Crippen molar-refractivity contribution in [1.29, 1.82) is 0 Å². The van der Waals surface area contributed by atoms with Gasteiger partial charge in [0.15, 0.2) is 5.58 Å². The number of rotatable bonds is 3. The molecular weight excluding hydrogens is 378 g/mol. The van der Waals surface area contributed by atoms with E-state index in [9.17, 15) is 14.7 Å². The Bertz CT molecular complexity index is 1500. The van der Waals surface area contributed by atoms with Gasteiger partial charge in [0.1, 0.15) is 11.1 Å². The number of hydrogen-bond donors (Lipinski definition) is 1. The van der Waals surface area contributed by atoms with Gasteiger partial charge in [-0.3, -0.25) is 9.36 Å². The van der Waals surface area contributed by atoms with Gasteiger partial charge in [0.25, 0.3) is 5.56 Å². The van der Waals surface area contributed by atoms with Crippen molar-refractivity contribution in [2.24, 2.45) is 0 Å². The molecule has 2 aromatic heterocycles. The van der Waals surface area contributed by atoms with E-state index in [1.54, 1.807) is 18.2 Å². The molecule has 5 heteroatoms. The van der Waals surface area contributed by atoms with Crippen molar-refractivity contribution in [2.75, 3.05) is 0 Å². The summed E-state index contributed by atoms with van der Waals surface area (Å²) in [7, 11) is 0. The predicted octanol–water partition coefficient (Wildman–Crippen LogP) is 4.39. The van der Waals surface area contributed by atoms with Crippen molar-refractivity contribution in [3.8, 4) is 11.4 Å². The van der Waals surface area contributed by atoms with E-state index in [1.807, 2.05) is 66.7 Å². The van der Waals surface area contributed by atoms with Crippen LogP contribution in [0, 0.1) is 0 Å². The third kappa shape index (κ3) is 2.79. The standard InChI is InChI=1S/C25H17NO4/c27-22-19(15-16-9-3-1-4-10-16)25(29)30-23-18-13-7-8-14-20(18)26(24(28)21(22)23)17-11-5-2-6-12-17/h1-14,27H,15H2. The molecule has 2 heterocycles. The number of pyridine rings is 1. The van der Waals surface area contributed by atoms with Crippen LogP contribution in [0.5, 0.6) is 5.75 Å². The van der Waals surface area contributed by atoms with Crippen molar-refractivity contribution in [2.45, 2.75) is 6.42 Å². The molecule has 0 fully saturated rings. The lowest BCUT2D eigenvalue weighted by molar-refractivity contribution is 0.458. The molecule has 0 atom stereocenters. The Morgan fingerprint density at radius 2 is 1.43 bits per heavy atom. The van der Waals surface area contributed by atoms with Gasteiger partial charge in [0, 0.05) is 17.5 Å². The Labute approximate surface area is 171 Å². The van der Waals surface area contributed by atoms with E-state index in [-0.39, 0.29) is 28.7 Å². The fraction of sp³-hybridized carbons (Fsp3) is 0.0400.